The van der Waals surface area contributed by atoms with Crippen LogP contribution in [-0.4, -0.2) is 35.2 Å². The van der Waals surface area contributed by atoms with Crippen LogP contribution in [0.3, 0.4) is 0 Å². The number of carboxylic acids is 1. The highest BCUT2D eigenvalue weighted by Gasteiger charge is 2.12. The van der Waals surface area contributed by atoms with Gasteiger partial charge in [-0.05, 0) is 37.5 Å². The van der Waals surface area contributed by atoms with Gasteiger partial charge in [0.2, 0.25) is 0 Å². The van der Waals surface area contributed by atoms with E-state index in [9.17, 15) is 9.59 Å². The third-order valence-corrected chi connectivity index (χ3v) is 3.18. The zero-order chi connectivity index (χ0) is 14.3. The molecule has 0 bridgehead atoms. The molecule has 0 aliphatic carbocycles. The van der Waals surface area contributed by atoms with Crippen LogP contribution < -0.4 is 10.6 Å². The molecule has 0 heterocycles. The smallest absolute Gasteiger partial charge is 0.337 e. The standard InChI is InChI=1S/C13H18N2O3S/c1-9(7-8-19-2)14-13(18)15-11-6-4-3-5-10(11)12(16)17/h3-6,9H,7-8H2,1-2H3,(H,16,17)(H2,14,15,18). The second-order valence-electron chi connectivity index (χ2n) is 4.13. The van der Waals surface area contributed by atoms with E-state index in [1.807, 2.05) is 13.2 Å². The molecule has 19 heavy (non-hydrogen) atoms. The molecule has 6 heteroatoms. The first-order valence-electron chi connectivity index (χ1n) is 5.93. The Kier molecular flexibility index (Phi) is 6.21. The number of benzene rings is 1. The summed E-state index contributed by atoms with van der Waals surface area (Å²) in [5, 5.41) is 14.3. The summed E-state index contributed by atoms with van der Waals surface area (Å²) in [7, 11) is 0. The summed E-state index contributed by atoms with van der Waals surface area (Å²) >= 11 is 1.72. The van der Waals surface area contributed by atoms with Gasteiger partial charge in [-0.1, -0.05) is 12.1 Å². The number of para-hydroxylation sites is 1. The van der Waals surface area contributed by atoms with E-state index in [1.54, 1.807) is 30.0 Å². The van der Waals surface area contributed by atoms with Crippen molar-refractivity contribution in [1.29, 1.82) is 0 Å². The molecule has 1 aromatic rings. The maximum absolute atomic E-state index is 11.7. The fourth-order valence-corrected chi connectivity index (χ4v) is 2.12. The van der Waals surface area contributed by atoms with Crippen LogP contribution in [0.25, 0.3) is 0 Å². The molecule has 3 N–H and O–H groups in total. The average Bonchev–Trinajstić information content (AvgIpc) is 2.36. The van der Waals surface area contributed by atoms with E-state index in [-0.39, 0.29) is 17.6 Å². The zero-order valence-corrected chi connectivity index (χ0v) is 11.8. The number of carboxylic acid groups (broad SMARTS) is 1. The minimum absolute atomic E-state index is 0.0458. The van der Waals surface area contributed by atoms with Crippen LogP contribution in [0.15, 0.2) is 24.3 Å². The molecule has 0 aliphatic rings. The Hall–Kier alpha value is -1.69. The summed E-state index contributed by atoms with van der Waals surface area (Å²) in [6.45, 7) is 1.92. The summed E-state index contributed by atoms with van der Waals surface area (Å²) in [5.74, 6) is -0.0981. The minimum Gasteiger partial charge on any atom is -0.478 e. The van der Waals surface area contributed by atoms with Crippen molar-refractivity contribution < 1.29 is 14.7 Å². The molecular weight excluding hydrogens is 264 g/mol. The summed E-state index contributed by atoms with van der Waals surface area (Å²) in [5.41, 5.74) is 0.374. The molecule has 0 aliphatic heterocycles. The summed E-state index contributed by atoms with van der Waals surface area (Å²) in [6.07, 6.45) is 2.88. The lowest BCUT2D eigenvalue weighted by molar-refractivity contribution is 0.0698. The molecule has 2 amide bonds. The minimum atomic E-state index is -1.06. The third-order valence-electron chi connectivity index (χ3n) is 2.54. The Morgan fingerprint density at radius 3 is 2.68 bits per heavy atom. The number of carbonyl (C=O) groups excluding carboxylic acids is 1. The molecule has 104 valence electrons. The second-order valence-corrected chi connectivity index (χ2v) is 5.12. The van der Waals surface area contributed by atoms with Crippen molar-refractivity contribution in [3.63, 3.8) is 0 Å². The van der Waals surface area contributed by atoms with Crippen molar-refractivity contribution in [3.8, 4) is 0 Å². The topological polar surface area (TPSA) is 78.4 Å². The molecule has 1 aromatic carbocycles. The first kappa shape index (κ1) is 15.4. The van der Waals surface area contributed by atoms with Gasteiger partial charge in [0, 0.05) is 6.04 Å². The number of hydrogen-bond acceptors (Lipinski definition) is 3. The van der Waals surface area contributed by atoms with Gasteiger partial charge in [-0.2, -0.15) is 11.8 Å². The Labute approximate surface area is 116 Å². The van der Waals surface area contributed by atoms with E-state index in [0.717, 1.165) is 12.2 Å². The molecule has 0 radical (unpaired) electrons. The van der Waals surface area contributed by atoms with Gasteiger partial charge in [-0.15, -0.1) is 0 Å². The van der Waals surface area contributed by atoms with E-state index in [1.165, 1.54) is 6.07 Å². The van der Waals surface area contributed by atoms with E-state index in [0.29, 0.717) is 5.69 Å². The lowest BCUT2D eigenvalue weighted by atomic mass is 10.2. The van der Waals surface area contributed by atoms with Crippen molar-refractivity contribution in [1.82, 2.24) is 5.32 Å². The van der Waals surface area contributed by atoms with Gasteiger partial charge in [0.05, 0.1) is 11.3 Å². The Morgan fingerprint density at radius 2 is 2.05 bits per heavy atom. The molecule has 1 atom stereocenters. The average molecular weight is 282 g/mol. The van der Waals surface area contributed by atoms with E-state index >= 15 is 0 Å². The molecule has 0 aromatic heterocycles. The predicted octanol–water partition coefficient (Wildman–Crippen LogP) is 2.65. The van der Waals surface area contributed by atoms with Crippen molar-refractivity contribution in [2.75, 3.05) is 17.3 Å². The highest BCUT2D eigenvalue weighted by Crippen LogP contribution is 2.14. The quantitative estimate of drug-likeness (QED) is 0.749. The van der Waals surface area contributed by atoms with Crippen LogP contribution in [0.2, 0.25) is 0 Å². The number of nitrogens with one attached hydrogen (secondary N) is 2. The van der Waals surface area contributed by atoms with Gasteiger partial charge in [0.25, 0.3) is 0 Å². The van der Waals surface area contributed by atoms with Crippen molar-refractivity contribution in [3.05, 3.63) is 29.8 Å². The van der Waals surface area contributed by atoms with Gasteiger partial charge in [0.1, 0.15) is 0 Å². The maximum atomic E-state index is 11.7. The summed E-state index contributed by atoms with van der Waals surface area (Å²) in [6, 6.07) is 5.98. The van der Waals surface area contributed by atoms with Crippen molar-refractivity contribution in [2.45, 2.75) is 19.4 Å². The number of anilines is 1. The molecule has 1 rings (SSSR count). The van der Waals surface area contributed by atoms with Crippen LogP contribution in [0.4, 0.5) is 10.5 Å². The van der Waals surface area contributed by atoms with Gasteiger partial charge < -0.3 is 15.7 Å². The second kappa shape index (κ2) is 7.68. The first-order chi connectivity index (χ1) is 9.04. The zero-order valence-electron chi connectivity index (χ0n) is 11.0. The monoisotopic (exact) mass is 282 g/mol. The third kappa shape index (κ3) is 5.21. The Balaban J connectivity index is 2.60. The largest absolute Gasteiger partial charge is 0.478 e. The number of amides is 2. The number of thioether (sulfide) groups is 1. The van der Waals surface area contributed by atoms with Crippen LogP contribution in [0.5, 0.6) is 0 Å². The number of urea groups is 1. The number of aromatic carboxylic acids is 1. The summed E-state index contributed by atoms with van der Waals surface area (Å²) in [4.78, 5) is 22.7. The molecule has 0 fully saturated rings. The highest BCUT2D eigenvalue weighted by atomic mass is 32.2. The Bertz CT molecular complexity index is 451. The van der Waals surface area contributed by atoms with Crippen molar-refractivity contribution >= 4 is 29.4 Å². The molecule has 0 saturated carbocycles. The molecule has 0 saturated heterocycles. The SMILES string of the molecule is CSCCC(C)NC(=O)Nc1ccccc1C(=O)O. The van der Waals surface area contributed by atoms with Crippen molar-refractivity contribution in [2.24, 2.45) is 0 Å². The van der Waals surface area contributed by atoms with Crippen LogP contribution in [-0.2, 0) is 0 Å². The Morgan fingerprint density at radius 1 is 1.37 bits per heavy atom. The van der Waals surface area contributed by atoms with E-state index in [4.69, 9.17) is 5.11 Å². The maximum Gasteiger partial charge on any atom is 0.337 e. The summed E-state index contributed by atoms with van der Waals surface area (Å²) < 4.78 is 0. The van der Waals surface area contributed by atoms with Crippen LogP contribution in [0.1, 0.15) is 23.7 Å². The number of rotatable bonds is 6. The lowest BCUT2D eigenvalue weighted by Crippen LogP contribution is -2.36. The molecule has 0 spiro atoms. The molecule has 1 unspecified atom stereocenters. The number of hydrogen-bond donors (Lipinski definition) is 3. The van der Waals surface area contributed by atoms with Crippen LogP contribution >= 0.6 is 11.8 Å². The molecule has 5 nitrogen and oxygen atoms in total. The van der Waals surface area contributed by atoms with Gasteiger partial charge >= 0.3 is 12.0 Å². The van der Waals surface area contributed by atoms with Gasteiger partial charge in [-0.3, -0.25) is 0 Å². The fraction of sp³-hybridized carbons (Fsp3) is 0.385. The van der Waals surface area contributed by atoms with Crippen LogP contribution in [0, 0.1) is 0 Å². The highest BCUT2D eigenvalue weighted by molar-refractivity contribution is 7.98. The molecular formula is C13H18N2O3S. The van der Waals surface area contributed by atoms with E-state index in [2.05, 4.69) is 10.6 Å². The first-order valence-corrected chi connectivity index (χ1v) is 7.32. The fourth-order valence-electron chi connectivity index (χ4n) is 1.53. The number of carbonyl (C=O) groups is 2. The predicted molar refractivity (Wildman–Crippen MR) is 78.0 cm³/mol. The normalized spacial score (nSPS) is 11.7. The van der Waals surface area contributed by atoms with Gasteiger partial charge in [-0.25, -0.2) is 9.59 Å². The van der Waals surface area contributed by atoms with Gasteiger partial charge in [0.15, 0.2) is 0 Å². The lowest BCUT2D eigenvalue weighted by Gasteiger charge is -2.14. The van der Waals surface area contributed by atoms with E-state index < -0.39 is 5.97 Å².